The van der Waals surface area contributed by atoms with E-state index in [2.05, 4.69) is 19.2 Å². The van der Waals surface area contributed by atoms with Gasteiger partial charge in [0.15, 0.2) is 0 Å². The van der Waals surface area contributed by atoms with Crippen molar-refractivity contribution in [3.8, 4) is 0 Å². The molecule has 0 aromatic rings. The third kappa shape index (κ3) is 1.69. The molecule has 0 aromatic heterocycles. The minimum atomic E-state index is 0.260. The first-order valence-corrected chi connectivity index (χ1v) is 4.89. The zero-order valence-corrected chi connectivity index (χ0v) is 8.31. The van der Waals surface area contributed by atoms with E-state index in [0.29, 0.717) is 5.78 Å². The lowest BCUT2D eigenvalue weighted by atomic mass is 9.87. The quantitative estimate of drug-likeness (QED) is 0.697. The summed E-state index contributed by atoms with van der Waals surface area (Å²) in [6.07, 6.45) is 3.30. The number of hydrogen-bond donors (Lipinski definition) is 1. The van der Waals surface area contributed by atoms with E-state index >= 15 is 0 Å². The molecule has 0 amide bonds. The second-order valence-corrected chi connectivity index (χ2v) is 3.88. The van der Waals surface area contributed by atoms with Gasteiger partial charge in [0.05, 0.1) is 0 Å². The molecule has 2 nitrogen and oxygen atoms in total. The molecule has 1 unspecified atom stereocenters. The van der Waals surface area contributed by atoms with E-state index in [9.17, 15) is 4.79 Å². The summed E-state index contributed by atoms with van der Waals surface area (Å²) in [6.45, 7) is 6.97. The van der Waals surface area contributed by atoms with Crippen molar-refractivity contribution in [3.05, 3.63) is 0 Å². The second-order valence-electron chi connectivity index (χ2n) is 3.88. The standard InChI is InChI=1S/C10H19NO/c1-4-10(5-2)6-9(7-11-10)8(3)12/h9,11H,4-7H2,1-3H3. The number of carbonyl (C=O) groups excluding carboxylic acids is 1. The molecule has 0 saturated carbocycles. The van der Waals surface area contributed by atoms with Crippen LogP contribution in [0.1, 0.15) is 40.0 Å². The lowest BCUT2D eigenvalue weighted by Crippen LogP contribution is -2.37. The van der Waals surface area contributed by atoms with Gasteiger partial charge >= 0.3 is 0 Å². The first-order chi connectivity index (χ1) is 5.63. The molecule has 1 fully saturated rings. The maximum absolute atomic E-state index is 11.1. The van der Waals surface area contributed by atoms with Crippen molar-refractivity contribution >= 4 is 5.78 Å². The molecule has 70 valence electrons. The van der Waals surface area contributed by atoms with Crippen LogP contribution in [0.15, 0.2) is 0 Å². The molecular formula is C10H19NO. The summed E-state index contributed by atoms with van der Waals surface area (Å²) >= 11 is 0. The maximum Gasteiger partial charge on any atom is 0.134 e. The Morgan fingerprint density at radius 1 is 1.50 bits per heavy atom. The summed E-state index contributed by atoms with van der Waals surface area (Å²) < 4.78 is 0. The van der Waals surface area contributed by atoms with Gasteiger partial charge in [0.1, 0.15) is 5.78 Å². The van der Waals surface area contributed by atoms with Crippen molar-refractivity contribution in [2.24, 2.45) is 5.92 Å². The minimum absolute atomic E-state index is 0.260. The van der Waals surface area contributed by atoms with Crippen LogP contribution < -0.4 is 5.32 Å². The number of rotatable bonds is 3. The highest BCUT2D eigenvalue weighted by Crippen LogP contribution is 2.30. The molecule has 12 heavy (non-hydrogen) atoms. The van der Waals surface area contributed by atoms with Gasteiger partial charge in [-0.1, -0.05) is 13.8 Å². The second kappa shape index (κ2) is 3.56. The Morgan fingerprint density at radius 2 is 2.08 bits per heavy atom. The molecule has 1 rings (SSSR count). The summed E-state index contributed by atoms with van der Waals surface area (Å²) in [6, 6.07) is 0. The van der Waals surface area contributed by atoms with E-state index in [1.165, 1.54) is 0 Å². The van der Waals surface area contributed by atoms with Crippen molar-refractivity contribution in [2.45, 2.75) is 45.6 Å². The molecular weight excluding hydrogens is 150 g/mol. The average molecular weight is 169 g/mol. The van der Waals surface area contributed by atoms with Gasteiger partial charge in [-0.15, -0.1) is 0 Å². The summed E-state index contributed by atoms with van der Waals surface area (Å²) in [7, 11) is 0. The largest absolute Gasteiger partial charge is 0.311 e. The van der Waals surface area contributed by atoms with Crippen LogP contribution in [0.4, 0.5) is 0 Å². The molecule has 1 saturated heterocycles. The Labute approximate surface area is 74.7 Å². The van der Waals surface area contributed by atoms with Crippen molar-refractivity contribution in [1.82, 2.24) is 5.32 Å². The van der Waals surface area contributed by atoms with Crippen LogP contribution in [0.5, 0.6) is 0 Å². The molecule has 1 heterocycles. The molecule has 1 aliphatic heterocycles. The van der Waals surface area contributed by atoms with Crippen molar-refractivity contribution < 1.29 is 4.79 Å². The van der Waals surface area contributed by atoms with Crippen LogP contribution in [0.2, 0.25) is 0 Å². The van der Waals surface area contributed by atoms with Crippen molar-refractivity contribution in [1.29, 1.82) is 0 Å². The highest BCUT2D eigenvalue weighted by molar-refractivity contribution is 5.79. The molecule has 2 heteroatoms. The van der Waals surface area contributed by atoms with Crippen LogP contribution in [0.25, 0.3) is 0 Å². The number of Topliss-reactive ketones (excluding diaryl/α,β-unsaturated/α-hetero) is 1. The Hall–Kier alpha value is -0.370. The molecule has 1 aliphatic rings. The van der Waals surface area contributed by atoms with Gasteiger partial charge in [-0.2, -0.15) is 0 Å². The lowest BCUT2D eigenvalue weighted by molar-refractivity contribution is -0.120. The van der Waals surface area contributed by atoms with Crippen LogP contribution in [0, 0.1) is 5.92 Å². The van der Waals surface area contributed by atoms with Gasteiger partial charge in [0.25, 0.3) is 0 Å². The highest BCUT2D eigenvalue weighted by Gasteiger charge is 2.37. The van der Waals surface area contributed by atoms with Gasteiger partial charge in [-0.3, -0.25) is 4.79 Å². The summed E-state index contributed by atoms with van der Waals surface area (Å²) in [5.74, 6) is 0.608. The monoisotopic (exact) mass is 169 g/mol. The van der Waals surface area contributed by atoms with E-state index < -0.39 is 0 Å². The van der Waals surface area contributed by atoms with Crippen LogP contribution in [0.3, 0.4) is 0 Å². The van der Waals surface area contributed by atoms with E-state index in [0.717, 1.165) is 25.8 Å². The maximum atomic E-state index is 11.1. The van der Waals surface area contributed by atoms with E-state index in [1.807, 2.05) is 0 Å². The zero-order chi connectivity index (χ0) is 9.19. The van der Waals surface area contributed by atoms with Gasteiger partial charge in [0, 0.05) is 18.0 Å². The molecule has 0 bridgehead atoms. The predicted octanol–water partition coefficient (Wildman–Crippen LogP) is 1.74. The number of hydrogen-bond acceptors (Lipinski definition) is 2. The fourth-order valence-electron chi connectivity index (χ4n) is 2.03. The van der Waals surface area contributed by atoms with Crippen LogP contribution >= 0.6 is 0 Å². The normalized spacial score (nSPS) is 27.4. The fourth-order valence-corrected chi connectivity index (χ4v) is 2.03. The van der Waals surface area contributed by atoms with Crippen molar-refractivity contribution in [2.75, 3.05) is 6.54 Å². The third-order valence-corrected chi connectivity index (χ3v) is 3.29. The minimum Gasteiger partial charge on any atom is -0.311 e. The summed E-state index contributed by atoms with van der Waals surface area (Å²) in [5, 5.41) is 3.48. The number of carbonyl (C=O) groups is 1. The van der Waals surface area contributed by atoms with Gasteiger partial charge in [-0.25, -0.2) is 0 Å². The highest BCUT2D eigenvalue weighted by atomic mass is 16.1. The van der Waals surface area contributed by atoms with Gasteiger partial charge in [0.2, 0.25) is 0 Å². The SMILES string of the molecule is CCC1(CC)CC(C(C)=O)CN1. The molecule has 0 radical (unpaired) electrons. The van der Waals surface area contributed by atoms with E-state index in [1.54, 1.807) is 6.92 Å². The third-order valence-electron chi connectivity index (χ3n) is 3.29. The number of nitrogens with one attached hydrogen (secondary N) is 1. The summed E-state index contributed by atoms with van der Waals surface area (Å²) in [5.41, 5.74) is 0.260. The Morgan fingerprint density at radius 3 is 2.33 bits per heavy atom. The van der Waals surface area contributed by atoms with Crippen LogP contribution in [-0.4, -0.2) is 17.9 Å². The smallest absolute Gasteiger partial charge is 0.134 e. The van der Waals surface area contributed by atoms with Crippen LogP contribution in [-0.2, 0) is 4.79 Å². The Bertz CT molecular complexity index is 173. The molecule has 1 atom stereocenters. The fraction of sp³-hybridized carbons (Fsp3) is 0.900. The van der Waals surface area contributed by atoms with Gasteiger partial charge < -0.3 is 5.32 Å². The van der Waals surface area contributed by atoms with E-state index in [4.69, 9.17) is 0 Å². The van der Waals surface area contributed by atoms with Gasteiger partial charge in [-0.05, 0) is 26.2 Å². The molecule has 1 N–H and O–H groups in total. The average Bonchev–Trinajstić information content (AvgIpc) is 2.49. The number of ketones is 1. The molecule has 0 spiro atoms. The Balaban J connectivity index is 2.58. The summed E-state index contributed by atoms with van der Waals surface area (Å²) in [4.78, 5) is 11.1. The topological polar surface area (TPSA) is 29.1 Å². The molecule has 0 aliphatic carbocycles. The Kier molecular flexibility index (Phi) is 2.89. The first-order valence-electron chi connectivity index (χ1n) is 4.89. The first kappa shape index (κ1) is 9.72. The predicted molar refractivity (Wildman–Crippen MR) is 50.1 cm³/mol. The van der Waals surface area contributed by atoms with E-state index in [-0.39, 0.29) is 11.5 Å². The van der Waals surface area contributed by atoms with Crippen molar-refractivity contribution in [3.63, 3.8) is 0 Å². The molecule has 0 aromatic carbocycles. The zero-order valence-electron chi connectivity index (χ0n) is 8.31. The lowest BCUT2D eigenvalue weighted by Gasteiger charge is -2.26.